The Hall–Kier alpha value is -4.03. The van der Waals surface area contributed by atoms with Crippen LogP contribution in [0.25, 0.3) is 5.69 Å². The molecule has 0 radical (unpaired) electrons. The van der Waals surface area contributed by atoms with E-state index in [1.54, 1.807) is 28.8 Å². The third-order valence-electron chi connectivity index (χ3n) is 6.16. The summed E-state index contributed by atoms with van der Waals surface area (Å²) in [5, 5.41) is 14.1. The minimum Gasteiger partial charge on any atom is -0.497 e. The average Bonchev–Trinajstić information content (AvgIpc) is 3.35. The number of alkyl halides is 3. The molecule has 8 nitrogen and oxygen atoms in total. The number of thioether (sulfide) groups is 1. The third kappa shape index (κ3) is 7.19. The number of halogens is 4. The summed E-state index contributed by atoms with van der Waals surface area (Å²) in [5.74, 6) is -0.157. The number of ether oxygens (including phenoxy) is 1. The van der Waals surface area contributed by atoms with E-state index in [1.165, 1.54) is 7.11 Å². The molecule has 214 valence electrons. The molecule has 0 spiro atoms. The van der Waals surface area contributed by atoms with Crippen molar-refractivity contribution >= 4 is 40.9 Å². The highest BCUT2D eigenvalue weighted by atomic mass is 35.5. The number of carbonyl (C=O) groups excluding carboxylic acids is 2. The van der Waals surface area contributed by atoms with Gasteiger partial charge in [-0.25, -0.2) is 0 Å². The predicted molar refractivity (Wildman–Crippen MR) is 151 cm³/mol. The Morgan fingerprint density at radius 1 is 1.05 bits per heavy atom. The number of aryl methyl sites for hydroxylation is 1. The summed E-state index contributed by atoms with van der Waals surface area (Å²) in [6, 6.07) is 15.1. The fourth-order valence-electron chi connectivity index (χ4n) is 3.87. The standard InChI is InChI=1S/C28H25ClF3N5O3S/c1-16-6-4-9-23(17(16)2)37-24(14-33-26(39)18-7-5-8-20(12-18)40-3)35-36-27(37)41-15-25(38)34-22-13-19(28(30,31)32)10-11-21(22)29/h4-13H,14-15H2,1-3H3,(H,33,39)(H,34,38). The molecule has 4 aromatic rings. The molecule has 0 unspecified atom stereocenters. The van der Waals surface area contributed by atoms with E-state index in [4.69, 9.17) is 16.3 Å². The van der Waals surface area contributed by atoms with E-state index in [9.17, 15) is 22.8 Å². The Morgan fingerprint density at radius 2 is 1.80 bits per heavy atom. The van der Waals surface area contributed by atoms with Gasteiger partial charge in [-0.2, -0.15) is 13.2 Å². The van der Waals surface area contributed by atoms with Gasteiger partial charge in [-0.3, -0.25) is 14.2 Å². The van der Waals surface area contributed by atoms with Gasteiger partial charge >= 0.3 is 6.18 Å². The normalized spacial score (nSPS) is 11.3. The van der Waals surface area contributed by atoms with Crippen LogP contribution in [0.5, 0.6) is 5.75 Å². The number of benzene rings is 3. The molecule has 0 saturated carbocycles. The van der Waals surface area contributed by atoms with Crippen molar-refractivity contribution in [1.29, 1.82) is 0 Å². The monoisotopic (exact) mass is 603 g/mol. The molecular weight excluding hydrogens is 579 g/mol. The molecule has 0 atom stereocenters. The van der Waals surface area contributed by atoms with E-state index in [-0.39, 0.29) is 28.9 Å². The number of nitrogens with one attached hydrogen (secondary N) is 2. The van der Waals surface area contributed by atoms with Crippen molar-refractivity contribution in [3.05, 3.63) is 93.8 Å². The van der Waals surface area contributed by atoms with E-state index in [0.717, 1.165) is 46.8 Å². The van der Waals surface area contributed by atoms with Gasteiger partial charge in [0.05, 0.1) is 41.4 Å². The van der Waals surface area contributed by atoms with Gasteiger partial charge in [0.25, 0.3) is 5.91 Å². The van der Waals surface area contributed by atoms with Gasteiger partial charge in [0.2, 0.25) is 5.91 Å². The zero-order chi connectivity index (χ0) is 29.7. The minimum atomic E-state index is -4.58. The van der Waals surface area contributed by atoms with Gasteiger partial charge in [0, 0.05) is 5.56 Å². The lowest BCUT2D eigenvalue weighted by atomic mass is 10.1. The molecule has 41 heavy (non-hydrogen) atoms. The van der Waals surface area contributed by atoms with E-state index in [2.05, 4.69) is 20.8 Å². The lowest BCUT2D eigenvalue weighted by molar-refractivity contribution is -0.137. The number of nitrogens with zero attached hydrogens (tertiary/aromatic N) is 3. The summed E-state index contributed by atoms with van der Waals surface area (Å²) >= 11 is 7.05. The van der Waals surface area contributed by atoms with Gasteiger partial charge < -0.3 is 15.4 Å². The zero-order valence-electron chi connectivity index (χ0n) is 22.2. The molecule has 4 rings (SSSR count). The predicted octanol–water partition coefficient (Wildman–Crippen LogP) is 6.23. The van der Waals surface area contributed by atoms with Crippen LogP contribution >= 0.6 is 23.4 Å². The molecule has 0 aliphatic rings. The number of hydrogen-bond donors (Lipinski definition) is 2. The second-order valence-electron chi connectivity index (χ2n) is 8.90. The number of hydrogen-bond acceptors (Lipinski definition) is 6. The number of methoxy groups -OCH3 is 1. The maximum absolute atomic E-state index is 13.1. The SMILES string of the molecule is COc1cccc(C(=O)NCc2nnc(SCC(=O)Nc3cc(C(F)(F)F)ccc3Cl)n2-c2cccc(C)c2C)c1. The van der Waals surface area contributed by atoms with Gasteiger partial charge in [-0.15, -0.1) is 10.2 Å². The first-order valence-electron chi connectivity index (χ1n) is 12.2. The molecule has 13 heteroatoms. The van der Waals surface area contributed by atoms with Crippen LogP contribution in [0.1, 0.15) is 32.9 Å². The number of carbonyl (C=O) groups is 2. The van der Waals surface area contributed by atoms with Crippen molar-refractivity contribution in [3.8, 4) is 11.4 Å². The average molecular weight is 604 g/mol. The van der Waals surface area contributed by atoms with Crippen LogP contribution in [0.15, 0.2) is 65.8 Å². The summed E-state index contributed by atoms with van der Waals surface area (Å²) in [5.41, 5.74) is 2.03. The molecule has 3 aromatic carbocycles. The van der Waals surface area contributed by atoms with Crippen LogP contribution in [0.3, 0.4) is 0 Å². The molecule has 1 aromatic heterocycles. The molecule has 2 N–H and O–H groups in total. The van der Waals surface area contributed by atoms with Crippen molar-refractivity contribution in [1.82, 2.24) is 20.1 Å². The molecule has 2 amide bonds. The fourth-order valence-corrected chi connectivity index (χ4v) is 4.80. The molecular formula is C28H25ClF3N5O3S. The van der Waals surface area contributed by atoms with E-state index >= 15 is 0 Å². The summed E-state index contributed by atoms with van der Waals surface area (Å²) in [6.45, 7) is 3.91. The summed E-state index contributed by atoms with van der Waals surface area (Å²) in [7, 11) is 1.51. The van der Waals surface area contributed by atoms with Gasteiger partial charge in [-0.1, -0.05) is 41.6 Å². The Morgan fingerprint density at radius 3 is 2.54 bits per heavy atom. The Bertz CT molecular complexity index is 1590. The topological polar surface area (TPSA) is 98.1 Å². The molecule has 1 heterocycles. The second kappa shape index (κ2) is 12.6. The summed E-state index contributed by atoms with van der Waals surface area (Å²) < 4.78 is 46.3. The van der Waals surface area contributed by atoms with Crippen LogP contribution in [-0.2, 0) is 17.5 Å². The van der Waals surface area contributed by atoms with Crippen molar-refractivity contribution in [3.63, 3.8) is 0 Å². The molecule has 0 bridgehead atoms. The van der Waals surface area contributed by atoms with Crippen molar-refractivity contribution < 1.29 is 27.5 Å². The Balaban J connectivity index is 1.55. The van der Waals surface area contributed by atoms with E-state index in [0.29, 0.717) is 22.3 Å². The smallest absolute Gasteiger partial charge is 0.416 e. The maximum Gasteiger partial charge on any atom is 0.416 e. The maximum atomic E-state index is 13.1. The van der Waals surface area contributed by atoms with Crippen LogP contribution in [-0.4, -0.2) is 39.4 Å². The van der Waals surface area contributed by atoms with E-state index in [1.807, 2.05) is 32.0 Å². The van der Waals surface area contributed by atoms with Crippen molar-refractivity contribution in [2.45, 2.75) is 31.7 Å². The second-order valence-corrected chi connectivity index (χ2v) is 10.2. The van der Waals surface area contributed by atoms with Crippen LogP contribution in [0.4, 0.5) is 18.9 Å². The highest BCUT2D eigenvalue weighted by Crippen LogP contribution is 2.34. The van der Waals surface area contributed by atoms with Crippen molar-refractivity contribution in [2.24, 2.45) is 0 Å². The first kappa shape index (κ1) is 29.9. The van der Waals surface area contributed by atoms with Crippen LogP contribution in [0.2, 0.25) is 5.02 Å². The van der Waals surface area contributed by atoms with Gasteiger partial charge in [0.15, 0.2) is 11.0 Å². The zero-order valence-corrected chi connectivity index (χ0v) is 23.7. The lowest BCUT2D eigenvalue weighted by Crippen LogP contribution is -2.25. The van der Waals surface area contributed by atoms with Gasteiger partial charge in [-0.05, 0) is 67.4 Å². The highest BCUT2D eigenvalue weighted by Gasteiger charge is 2.31. The lowest BCUT2D eigenvalue weighted by Gasteiger charge is -2.15. The first-order valence-corrected chi connectivity index (χ1v) is 13.6. The number of amides is 2. The Kier molecular flexibility index (Phi) is 9.24. The van der Waals surface area contributed by atoms with E-state index < -0.39 is 17.6 Å². The van der Waals surface area contributed by atoms with Crippen LogP contribution < -0.4 is 15.4 Å². The molecule has 0 aliphatic carbocycles. The fraction of sp³-hybridized carbons (Fsp3) is 0.214. The third-order valence-corrected chi connectivity index (χ3v) is 7.41. The van der Waals surface area contributed by atoms with Crippen LogP contribution in [0, 0.1) is 13.8 Å². The highest BCUT2D eigenvalue weighted by molar-refractivity contribution is 7.99. The quantitative estimate of drug-likeness (QED) is 0.220. The molecule has 0 saturated heterocycles. The van der Waals surface area contributed by atoms with Crippen molar-refractivity contribution in [2.75, 3.05) is 18.2 Å². The summed E-state index contributed by atoms with van der Waals surface area (Å²) in [4.78, 5) is 25.5. The number of anilines is 1. The summed E-state index contributed by atoms with van der Waals surface area (Å²) in [6.07, 6.45) is -4.58. The largest absolute Gasteiger partial charge is 0.497 e. The molecule has 0 aliphatic heterocycles. The number of rotatable bonds is 9. The number of aromatic nitrogens is 3. The minimum absolute atomic E-state index is 0.0241. The molecule has 0 fully saturated rings. The first-order chi connectivity index (χ1) is 19.5. The Labute approximate surface area is 243 Å². The van der Waals surface area contributed by atoms with Gasteiger partial charge in [0.1, 0.15) is 5.75 Å².